The largest absolute Gasteiger partial charge is 0.478 e. The van der Waals surface area contributed by atoms with Crippen molar-refractivity contribution >= 4 is 23.2 Å². The van der Waals surface area contributed by atoms with Crippen LogP contribution in [0.2, 0.25) is 0 Å². The Morgan fingerprint density at radius 2 is 2.14 bits per heavy atom. The Hall–Kier alpha value is -2.15. The van der Waals surface area contributed by atoms with E-state index in [9.17, 15) is 9.59 Å². The number of carbonyl (C=O) groups is 2. The molecule has 0 spiro atoms. The van der Waals surface area contributed by atoms with E-state index in [1.807, 2.05) is 12.3 Å². The molecule has 118 valence electrons. The van der Waals surface area contributed by atoms with Crippen molar-refractivity contribution in [1.82, 2.24) is 10.3 Å². The molecule has 0 saturated carbocycles. The topological polar surface area (TPSA) is 92.4 Å². The summed E-state index contributed by atoms with van der Waals surface area (Å²) in [5.74, 6) is -1.16. The summed E-state index contributed by atoms with van der Waals surface area (Å²) in [6, 6.07) is 1.27. The molecule has 2 N–H and O–H groups in total. The fraction of sp³-hybridized carbons (Fsp3) is 0.400. The van der Waals surface area contributed by atoms with E-state index in [-0.39, 0.29) is 11.3 Å². The number of aryl methyl sites for hydroxylation is 2. The fourth-order valence-electron chi connectivity index (χ4n) is 2.00. The Balaban J connectivity index is 1.93. The highest BCUT2D eigenvalue weighted by atomic mass is 32.1. The van der Waals surface area contributed by atoms with Crippen molar-refractivity contribution in [2.45, 2.75) is 33.1 Å². The minimum Gasteiger partial charge on any atom is -0.478 e. The van der Waals surface area contributed by atoms with Crippen LogP contribution in [0.4, 0.5) is 0 Å². The molecule has 0 saturated heterocycles. The first-order valence-corrected chi connectivity index (χ1v) is 8.00. The van der Waals surface area contributed by atoms with E-state index in [1.165, 1.54) is 6.07 Å². The summed E-state index contributed by atoms with van der Waals surface area (Å²) in [5.41, 5.74) is 0.988. The zero-order valence-corrected chi connectivity index (χ0v) is 13.3. The predicted octanol–water partition coefficient (Wildman–Crippen LogP) is 2.53. The minimum absolute atomic E-state index is 0.0294. The Bertz CT molecular complexity index is 675. The molecular weight excluding hydrogens is 304 g/mol. The van der Waals surface area contributed by atoms with Crippen molar-refractivity contribution in [3.05, 3.63) is 39.2 Å². The zero-order valence-electron chi connectivity index (χ0n) is 12.5. The summed E-state index contributed by atoms with van der Waals surface area (Å²) in [7, 11) is 0. The zero-order chi connectivity index (χ0) is 16.1. The van der Waals surface area contributed by atoms with Crippen LogP contribution in [0, 0.1) is 0 Å². The van der Waals surface area contributed by atoms with E-state index >= 15 is 0 Å². The molecule has 0 aliphatic carbocycles. The van der Waals surface area contributed by atoms with Crippen LogP contribution in [0.5, 0.6) is 0 Å². The average Bonchev–Trinajstić information content (AvgIpc) is 3.13. The van der Waals surface area contributed by atoms with Crippen LogP contribution in [0.25, 0.3) is 0 Å². The second-order valence-electron chi connectivity index (χ2n) is 4.70. The Labute approximate surface area is 132 Å². The molecule has 0 unspecified atom stereocenters. The molecule has 0 aromatic carbocycles. The summed E-state index contributed by atoms with van der Waals surface area (Å²) in [6.45, 7) is 4.25. The molecule has 0 atom stereocenters. The number of carbonyl (C=O) groups excluding carboxylic acids is 1. The van der Waals surface area contributed by atoms with Crippen LogP contribution in [0.3, 0.4) is 0 Å². The van der Waals surface area contributed by atoms with Gasteiger partial charge in [0.25, 0.3) is 5.91 Å². The van der Waals surface area contributed by atoms with Gasteiger partial charge in [-0.25, -0.2) is 9.78 Å². The number of aromatic nitrogens is 1. The van der Waals surface area contributed by atoms with Crippen molar-refractivity contribution in [2.75, 3.05) is 6.54 Å². The van der Waals surface area contributed by atoms with Crippen molar-refractivity contribution < 1.29 is 19.1 Å². The van der Waals surface area contributed by atoms with Crippen LogP contribution in [-0.4, -0.2) is 28.5 Å². The SMILES string of the molecule is CCc1nc(CCNC(=O)c2cc(C(=O)O)c(CC)o2)cs1. The molecular formula is C15H18N2O4S. The van der Waals surface area contributed by atoms with Gasteiger partial charge in [0.2, 0.25) is 0 Å². The first kappa shape index (κ1) is 16.2. The molecule has 0 fully saturated rings. The van der Waals surface area contributed by atoms with Gasteiger partial charge in [-0.3, -0.25) is 4.79 Å². The van der Waals surface area contributed by atoms with Gasteiger partial charge in [-0.1, -0.05) is 13.8 Å². The van der Waals surface area contributed by atoms with Gasteiger partial charge in [0.15, 0.2) is 5.76 Å². The highest BCUT2D eigenvalue weighted by Crippen LogP contribution is 2.16. The number of nitrogens with zero attached hydrogens (tertiary/aromatic N) is 1. The summed E-state index contributed by atoms with van der Waals surface area (Å²) < 4.78 is 5.30. The highest BCUT2D eigenvalue weighted by Gasteiger charge is 2.19. The molecule has 2 rings (SSSR count). The number of amides is 1. The maximum Gasteiger partial charge on any atom is 0.339 e. The molecule has 0 bridgehead atoms. The van der Waals surface area contributed by atoms with Crippen molar-refractivity contribution in [2.24, 2.45) is 0 Å². The van der Waals surface area contributed by atoms with E-state index in [0.717, 1.165) is 17.1 Å². The minimum atomic E-state index is -1.09. The normalized spacial score (nSPS) is 10.6. The molecule has 2 aromatic rings. The lowest BCUT2D eigenvalue weighted by Crippen LogP contribution is -2.25. The molecule has 22 heavy (non-hydrogen) atoms. The number of nitrogens with one attached hydrogen (secondary N) is 1. The summed E-state index contributed by atoms with van der Waals surface area (Å²) in [6.07, 6.45) is 1.96. The van der Waals surface area contributed by atoms with Gasteiger partial charge in [-0.05, 0) is 6.42 Å². The fourth-order valence-corrected chi connectivity index (χ4v) is 2.78. The predicted molar refractivity (Wildman–Crippen MR) is 82.6 cm³/mol. The van der Waals surface area contributed by atoms with Gasteiger partial charge in [-0.15, -0.1) is 11.3 Å². The highest BCUT2D eigenvalue weighted by molar-refractivity contribution is 7.09. The quantitative estimate of drug-likeness (QED) is 0.817. The van der Waals surface area contributed by atoms with Gasteiger partial charge in [0.05, 0.1) is 10.7 Å². The molecule has 2 heterocycles. The standard InChI is InChI=1S/C15H18N2O4S/c1-3-11-10(15(19)20)7-12(21-11)14(18)16-6-5-9-8-22-13(4-2)17-9/h7-8H,3-6H2,1-2H3,(H,16,18)(H,19,20). The monoisotopic (exact) mass is 322 g/mol. The van der Waals surface area contributed by atoms with Crippen molar-refractivity contribution in [3.8, 4) is 0 Å². The van der Waals surface area contributed by atoms with Crippen LogP contribution >= 0.6 is 11.3 Å². The second-order valence-corrected chi connectivity index (χ2v) is 5.64. The number of hydrogen-bond acceptors (Lipinski definition) is 5. The molecule has 7 heteroatoms. The Morgan fingerprint density at radius 3 is 2.68 bits per heavy atom. The number of rotatable bonds is 7. The van der Waals surface area contributed by atoms with E-state index in [4.69, 9.17) is 9.52 Å². The molecule has 2 aromatic heterocycles. The molecule has 0 radical (unpaired) electrons. The van der Waals surface area contributed by atoms with E-state index in [2.05, 4.69) is 10.3 Å². The average molecular weight is 322 g/mol. The van der Waals surface area contributed by atoms with Gasteiger partial charge >= 0.3 is 5.97 Å². The maximum absolute atomic E-state index is 12.0. The van der Waals surface area contributed by atoms with Gasteiger partial charge in [0, 0.05) is 30.8 Å². The molecule has 0 aliphatic heterocycles. The molecule has 1 amide bonds. The summed E-state index contributed by atoms with van der Waals surface area (Å²) in [5, 5.41) is 14.8. The third kappa shape index (κ3) is 3.73. The lowest BCUT2D eigenvalue weighted by atomic mass is 10.2. The molecule has 0 aliphatic rings. The molecule has 6 nitrogen and oxygen atoms in total. The number of aromatic carboxylic acids is 1. The van der Waals surface area contributed by atoms with Crippen LogP contribution < -0.4 is 5.32 Å². The third-order valence-electron chi connectivity index (χ3n) is 3.15. The first-order valence-electron chi connectivity index (χ1n) is 7.12. The van der Waals surface area contributed by atoms with E-state index < -0.39 is 11.9 Å². The van der Waals surface area contributed by atoms with E-state index in [1.54, 1.807) is 18.3 Å². The van der Waals surface area contributed by atoms with Crippen molar-refractivity contribution in [1.29, 1.82) is 0 Å². The second kappa shape index (κ2) is 7.22. The van der Waals surface area contributed by atoms with Gasteiger partial charge in [-0.2, -0.15) is 0 Å². The van der Waals surface area contributed by atoms with E-state index in [0.29, 0.717) is 25.1 Å². The van der Waals surface area contributed by atoms with Crippen molar-refractivity contribution in [3.63, 3.8) is 0 Å². The van der Waals surface area contributed by atoms with Gasteiger partial charge < -0.3 is 14.8 Å². The van der Waals surface area contributed by atoms with Crippen LogP contribution in [0.1, 0.15) is 51.2 Å². The Kier molecular flexibility index (Phi) is 5.32. The number of carboxylic acids is 1. The number of furan rings is 1. The summed E-state index contributed by atoms with van der Waals surface area (Å²) in [4.78, 5) is 27.5. The first-order chi connectivity index (χ1) is 10.5. The summed E-state index contributed by atoms with van der Waals surface area (Å²) >= 11 is 1.61. The Morgan fingerprint density at radius 1 is 1.36 bits per heavy atom. The lowest BCUT2D eigenvalue weighted by molar-refractivity contribution is 0.0694. The van der Waals surface area contributed by atoms with Crippen LogP contribution in [-0.2, 0) is 19.3 Å². The number of hydrogen-bond donors (Lipinski definition) is 2. The smallest absolute Gasteiger partial charge is 0.339 e. The third-order valence-corrected chi connectivity index (χ3v) is 4.19. The maximum atomic E-state index is 12.0. The number of carboxylic acid groups (broad SMARTS) is 1. The lowest BCUT2D eigenvalue weighted by Gasteiger charge is -2.01. The van der Waals surface area contributed by atoms with Crippen LogP contribution in [0.15, 0.2) is 15.9 Å². The number of thiazole rings is 1. The van der Waals surface area contributed by atoms with Gasteiger partial charge in [0.1, 0.15) is 11.3 Å².